The lowest BCUT2D eigenvalue weighted by atomic mass is 10.0. The van der Waals surface area contributed by atoms with Crippen LogP contribution in [0.2, 0.25) is 5.02 Å². The average Bonchev–Trinajstić information content (AvgIpc) is 3.36. The van der Waals surface area contributed by atoms with Crippen molar-refractivity contribution in [2.45, 2.75) is 25.3 Å². The molecule has 0 radical (unpaired) electrons. The van der Waals surface area contributed by atoms with Crippen molar-refractivity contribution >= 4 is 44.3 Å². The third-order valence-electron chi connectivity index (χ3n) is 5.63. The lowest BCUT2D eigenvalue weighted by Crippen LogP contribution is -2.37. The summed E-state index contributed by atoms with van der Waals surface area (Å²) in [6.45, 7) is 1.46. The Morgan fingerprint density at radius 2 is 2.12 bits per heavy atom. The van der Waals surface area contributed by atoms with Crippen LogP contribution in [0.3, 0.4) is 0 Å². The summed E-state index contributed by atoms with van der Waals surface area (Å²) in [4.78, 5) is 18.6. The third kappa shape index (κ3) is 2.76. The summed E-state index contributed by atoms with van der Waals surface area (Å²) < 4.78 is 1.08. The van der Waals surface area contributed by atoms with E-state index < -0.39 is 0 Å². The van der Waals surface area contributed by atoms with E-state index >= 15 is 0 Å². The molecule has 0 spiro atoms. The van der Waals surface area contributed by atoms with Gasteiger partial charge < -0.3 is 9.88 Å². The number of aromatic nitrogens is 1. The molecule has 2 heterocycles. The van der Waals surface area contributed by atoms with Crippen LogP contribution in [0.5, 0.6) is 0 Å². The van der Waals surface area contributed by atoms with Crippen LogP contribution in [0.15, 0.2) is 46.9 Å². The zero-order valence-corrected chi connectivity index (χ0v) is 16.5. The number of benzene rings is 2. The fraction of sp³-hybridized carbons (Fsp3) is 0.286. The monoisotopic (exact) mass is 428 g/mol. The molecule has 0 bridgehead atoms. The van der Waals surface area contributed by atoms with E-state index in [1.807, 2.05) is 35.2 Å². The molecule has 5 heteroatoms. The predicted molar refractivity (Wildman–Crippen MR) is 107 cm³/mol. The van der Waals surface area contributed by atoms with Crippen molar-refractivity contribution in [1.82, 2.24) is 9.88 Å². The number of amides is 1. The molecule has 26 heavy (non-hydrogen) atoms. The molecule has 2 unspecified atom stereocenters. The number of rotatable bonds is 2. The van der Waals surface area contributed by atoms with E-state index in [9.17, 15) is 4.79 Å². The van der Waals surface area contributed by atoms with E-state index in [1.165, 1.54) is 16.8 Å². The molecule has 3 aromatic rings. The molecular weight excluding hydrogens is 412 g/mol. The molecule has 1 aliphatic carbocycles. The van der Waals surface area contributed by atoms with Gasteiger partial charge in [0.05, 0.1) is 0 Å². The summed E-state index contributed by atoms with van der Waals surface area (Å²) in [5, 5.41) is 1.88. The topological polar surface area (TPSA) is 36.1 Å². The van der Waals surface area contributed by atoms with Gasteiger partial charge in [0.2, 0.25) is 5.91 Å². The Bertz CT molecular complexity index is 1030. The highest BCUT2D eigenvalue weighted by Gasteiger charge is 2.46. The third-order valence-corrected chi connectivity index (χ3v) is 6.36. The zero-order chi connectivity index (χ0) is 17.8. The first kappa shape index (κ1) is 16.4. The quantitative estimate of drug-likeness (QED) is 0.592. The van der Waals surface area contributed by atoms with E-state index in [-0.39, 0.29) is 11.8 Å². The van der Waals surface area contributed by atoms with Crippen LogP contribution in [-0.4, -0.2) is 22.3 Å². The van der Waals surface area contributed by atoms with Gasteiger partial charge >= 0.3 is 0 Å². The smallest absolute Gasteiger partial charge is 0.226 e. The van der Waals surface area contributed by atoms with Gasteiger partial charge in [-0.1, -0.05) is 39.7 Å². The summed E-state index contributed by atoms with van der Waals surface area (Å²) in [5.74, 6) is 0.774. The van der Waals surface area contributed by atoms with Crippen molar-refractivity contribution in [2.75, 3.05) is 6.54 Å². The van der Waals surface area contributed by atoms with Gasteiger partial charge in [-0.15, -0.1) is 0 Å². The molecule has 3 nitrogen and oxygen atoms in total. The van der Waals surface area contributed by atoms with Gasteiger partial charge in [0, 0.05) is 57.1 Å². The minimum absolute atomic E-state index is 0.125. The van der Waals surface area contributed by atoms with E-state index in [4.69, 9.17) is 11.6 Å². The minimum Gasteiger partial charge on any atom is -0.358 e. The number of carbonyl (C=O) groups is 1. The summed E-state index contributed by atoms with van der Waals surface area (Å²) in [6.07, 6.45) is 1.83. The number of aromatic amines is 1. The second kappa shape index (κ2) is 6.14. The van der Waals surface area contributed by atoms with Crippen molar-refractivity contribution in [2.24, 2.45) is 5.92 Å². The van der Waals surface area contributed by atoms with Crippen LogP contribution >= 0.6 is 27.5 Å². The van der Waals surface area contributed by atoms with Crippen LogP contribution in [-0.2, 0) is 17.8 Å². The van der Waals surface area contributed by atoms with Crippen LogP contribution in [0.25, 0.3) is 10.9 Å². The minimum atomic E-state index is 0.125. The van der Waals surface area contributed by atoms with Crippen molar-refractivity contribution in [3.63, 3.8) is 0 Å². The maximum Gasteiger partial charge on any atom is 0.226 e. The number of halogens is 2. The molecule has 1 N–H and O–H groups in total. The molecule has 2 aromatic carbocycles. The number of nitrogens with zero attached hydrogens (tertiary/aromatic N) is 1. The van der Waals surface area contributed by atoms with Gasteiger partial charge in [-0.3, -0.25) is 4.79 Å². The van der Waals surface area contributed by atoms with Gasteiger partial charge in [0.25, 0.3) is 0 Å². The molecule has 2 atom stereocenters. The second-order valence-electron chi connectivity index (χ2n) is 7.29. The van der Waals surface area contributed by atoms with Crippen LogP contribution < -0.4 is 0 Å². The fourth-order valence-electron chi connectivity index (χ4n) is 4.18. The first-order valence-electron chi connectivity index (χ1n) is 8.93. The van der Waals surface area contributed by atoms with Gasteiger partial charge in [-0.25, -0.2) is 0 Å². The number of H-pyrrole nitrogens is 1. The Morgan fingerprint density at radius 3 is 2.96 bits per heavy atom. The SMILES string of the molecule is O=C(C1CC1c1cccc(Br)c1)N1CCc2[nH]c3ccc(Cl)cc3c2C1. The summed E-state index contributed by atoms with van der Waals surface area (Å²) in [7, 11) is 0. The van der Waals surface area contributed by atoms with Gasteiger partial charge in [0.1, 0.15) is 0 Å². The molecule has 1 amide bonds. The van der Waals surface area contributed by atoms with Crippen molar-refractivity contribution in [3.8, 4) is 0 Å². The van der Waals surface area contributed by atoms with Crippen molar-refractivity contribution in [3.05, 3.63) is 68.8 Å². The molecule has 1 fully saturated rings. The lowest BCUT2D eigenvalue weighted by molar-refractivity contribution is -0.133. The van der Waals surface area contributed by atoms with Crippen molar-refractivity contribution < 1.29 is 4.79 Å². The largest absolute Gasteiger partial charge is 0.358 e. The molecular formula is C21H18BrClN2O. The van der Waals surface area contributed by atoms with Crippen LogP contribution in [0.1, 0.15) is 29.2 Å². The predicted octanol–water partition coefficient (Wildman–Crippen LogP) is 5.27. The second-order valence-corrected chi connectivity index (χ2v) is 8.64. The zero-order valence-electron chi connectivity index (χ0n) is 14.1. The first-order chi connectivity index (χ1) is 12.6. The highest BCUT2D eigenvalue weighted by atomic mass is 79.9. The number of hydrogen-bond acceptors (Lipinski definition) is 1. The van der Waals surface area contributed by atoms with E-state index in [0.29, 0.717) is 12.5 Å². The molecule has 1 aromatic heterocycles. The normalized spacial score (nSPS) is 21.7. The summed E-state index contributed by atoms with van der Waals surface area (Å²) in [6, 6.07) is 14.3. The van der Waals surface area contributed by atoms with Crippen LogP contribution in [0.4, 0.5) is 0 Å². The van der Waals surface area contributed by atoms with Gasteiger partial charge in [0.15, 0.2) is 0 Å². The van der Waals surface area contributed by atoms with E-state index in [1.54, 1.807) is 0 Å². The average molecular weight is 430 g/mol. The Morgan fingerprint density at radius 1 is 1.23 bits per heavy atom. The Hall–Kier alpha value is -1.78. The van der Waals surface area contributed by atoms with Crippen molar-refractivity contribution in [1.29, 1.82) is 0 Å². The Labute approximate surface area is 165 Å². The van der Waals surface area contributed by atoms with E-state index in [0.717, 1.165) is 39.8 Å². The maximum absolute atomic E-state index is 13.0. The maximum atomic E-state index is 13.0. The number of carbonyl (C=O) groups excluding carboxylic acids is 1. The number of nitrogens with one attached hydrogen (secondary N) is 1. The first-order valence-corrected chi connectivity index (χ1v) is 10.1. The molecule has 5 rings (SSSR count). The van der Waals surface area contributed by atoms with E-state index in [2.05, 4.69) is 33.0 Å². The Kier molecular flexibility index (Phi) is 3.87. The molecule has 0 saturated heterocycles. The molecule has 132 valence electrons. The van der Waals surface area contributed by atoms with Crippen LogP contribution in [0, 0.1) is 5.92 Å². The number of fused-ring (bicyclic) bond motifs is 3. The summed E-state index contributed by atoms with van der Waals surface area (Å²) >= 11 is 9.70. The lowest BCUT2D eigenvalue weighted by Gasteiger charge is -2.27. The molecule has 1 aliphatic heterocycles. The number of hydrogen-bond donors (Lipinski definition) is 1. The fourth-order valence-corrected chi connectivity index (χ4v) is 4.77. The highest BCUT2D eigenvalue weighted by molar-refractivity contribution is 9.10. The van der Waals surface area contributed by atoms with Gasteiger partial charge in [-0.05, 0) is 48.2 Å². The standard InChI is InChI=1S/C21H18BrClN2O/c22-13-3-1-2-12(8-13)15-10-17(15)21(26)25-7-6-20-18(11-25)16-9-14(23)4-5-19(16)24-20/h1-5,8-9,15,17,24H,6-7,10-11H2. The summed E-state index contributed by atoms with van der Waals surface area (Å²) in [5.41, 5.74) is 4.83. The molecule has 2 aliphatic rings. The molecule has 1 saturated carbocycles. The highest BCUT2D eigenvalue weighted by Crippen LogP contribution is 2.49. The van der Waals surface area contributed by atoms with Gasteiger partial charge in [-0.2, -0.15) is 0 Å². The Balaban J connectivity index is 1.37.